The molecule has 1 aromatic rings. The van der Waals surface area contributed by atoms with Crippen LogP contribution in [0.4, 0.5) is 6.01 Å². The fraction of sp³-hybridized carbons (Fsp3) is 0.750. The van der Waals surface area contributed by atoms with Gasteiger partial charge in [-0.2, -0.15) is 0 Å². The Morgan fingerprint density at radius 3 is 3.05 bits per heavy atom. The minimum atomic E-state index is 0.0501. The van der Waals surface area contributed by atoms with Gasteiger partial charge in [-0.25, -0.2) is 0 Å². The maximum atomic E-state index is 11.1. The predicted molar refractivity (Wildman–Crippen MR) is 70.7 cm³/mol. The van der Waals surface area contributed by atoms with Crippen LogP contribution >= 0.6 is 0 Å². The van der Waals surface area contributed by atoms with Gasteiger partial charge in [-0.3, -0.25) is 4.79 Å². The molecule has 1 aromatic heterocycles. The second-order valence-corrected chi connectivity index (χ2v) is 4.81. The number of amides is 1. The van der Waals surface area contributed by atoms with Gasteiger partial charge >= 0.3 is 6.01 Å². The summed E-state index contributed by atoms with van der Waals surface area (Å²) in [7, 11) is 0. The van der Waals surface area contributed by atoms with Crippen molar-refractivity contribution in [2.24, 2.45) is 0 Å². The molecule has 106 valence electrons. The highest BCUT2D eigenvalue weighted by atomic mass is 16.4. The summed E-state index contributed by atoms with van der Waals surface area (Å²) >= 11 is 0. The maximum absolute atomic E-state index is 11.1. The van der Waals surface area contributed by atoms with Gasteiger partial charge in [0.2, 0.25) is 11.8 Å². The number of nitrogens with zero attached hydrogens (tertiary/aromatic N) is 2. The molecule has 2 heterocycles. The molecular formula is C12H21N5O2. The molecule has 0 saturated carbocycles. The van der Waals surface area contributed by atoms with Crippen molar-refractivity contribution < 1.29 is 9.21 Å². The highest BCUT2D eigenvalue weighted by molar-refractivity contribution is 5.76. The number of carbonyl (C=O) groups is 1. The average Bonchev–Trinajstić information content (AvgIpc) is 2.87. The summed E-state index contributed by atoms with van der Waals surface area (Å²) in [5, 5.41) is 17.2. The van der Waals surface area contributed by atoms with E-state index in [-0.39, 0.29) is 18.0 Å². The largest absolute Gasteiger partial charge is 0.406 e. The van der Waals surface area contributed by atoms with E-state index in [1.54, 1.807) is 0 Å². The molecule has 19 heavy (non-hydrogen) atoms. The van der Waals surface area contributed by atoms with E-state index in [4.69, 9.17) is 4.42 Å². The fourth-order valence-electron chi connectivity index (χ4n) is 1.95. The third kappa shape index (κ3) is 3.92. The lowest BCUT2D eigenvalue weighted by atomic mass is 10.1. The van der Waals surface area contributed by atoms with Crippen LogP contribution in [0.25, 0.3) is 0 Å². The molecule has 0 aromatic carbocycles. The van der Waals surface area contributed by atoms with Crippen LogP contribution in [-0.2, 0) is 4.79 Å². The molecule has 0 bridgehead atoms. The summed E-state index contributed by atoms with van der Waals surface area (Å²) in [5.41, 5.74) is 0. The number of hydrogen-bond acceptors (Lipinski definition) is 6. The maximum Gasteiger partial charge on any atom is 0.315 e. The van der Waals surface area contributed by atoms with Crippen LogP contribution in [0.15, 0.2) is 4.42 Å². The minimum Gasteiger partial charge on any atom is -0.406 e. The van der Waals surface area contributed by atoms with Crippen molar-refractivity contribution >= 4 is 11.9 Å². The third-order valence-corrected chi connectivity index (χ3v) is 3.10. The summed E-state index contributed by atoms with van der Waals surface area (Å²) in [6.45, 7) is 5.62. The van der Waals surface area contributed by atoms with Crippen LogP contribution in [0.1, 0.15) is 45.0 Å². The van der Waals surface area contributed by atoms with Crippen molar-refractivity contribution in [2.75, 3.05) is 18.4 Å². The molecule has 1 amide bonds. The Labute approximate surface area is 112 Å². The number of anilines is 1. The first kappa shape index (κ1) is 13.8. The molecule has 2 rings (SSSR count). The van der Waals surface area contributed by atoms with E-state index in [1.165, 1.54) is 0 Å². The van der Waals surface area contributed by atoms with Crippen LogP contribution in [0.3, 0.4) is 0 Å². The lowest BCUT2D eigenvalue weighted by Crippen LogP contribution is -2.41. The Kier molecular flexibility index (Phi) is 4.73. The van der Waals surface area contributed by atoms with Gasteiger partial charge in [-0.05, 0) is 26.3 Å². The van der Waals surface area contributed by atoms with E-state index in [2.05, 4.69) is 33.1 Å². The lowest BCUT2D eigenvalue weighted by molar-refractivity contribution is -0.122. The number of aromatic nitrogens is 2. The van der Waals surface area contributed by atoms with Crippen molar-refractivity contribution in [1.29, 1.82) is 0 Å². The molecule has 7 heteroatoms. The van der Waals surface area contributed by atoms with E-state index in [0.29, 0.717) is 24.9 Å². The van der Waals surface area contributed by atoms with Gasteiger partial charge in [0.15, 0.2) is 0 Å². The van der Waals surface area contributed by atoms with Crippen LogP contribution < -0.4 is 16.0 Å². The Morgan fingerprint density at radius 2 is 2.37 bits per heavy atom. The van der Waals surface area contributed by atoms with Gasteiger partial charge in [-0.15, -0.1) is 5.10 Å². The number of piperidine rings is 1. The molecule has 3 N–H and O–H groups in total. The quantitative estimate of drug-likeness (QED) is 0.706. The number of rotatable bonds is 6. The monoisotopic (exact) mass is 267 g/mol. The SMILES string of the molecule is CCCNC(C)c1nnc(NC2CCC(=O)NC2)o1. The average molecular weight is 267 g/mol. The Hall–Kier alpha value is -1.63. The Bertz CT molecular complexity index is 410. The summed E-state index contributed by atoms with van der Waals surface area (Å²) in [6.07, 6.45) is 2.38. The van der Waals surface area contributed by atoms with Crippen LogP contribution in [0, 0.1) is 0 Å². The standard InChI is InChI=1S/C12H21N5O2/c1-3-6-13-8(2)11-16-17-12(19-11)15-9-4-5-10(18)14-7-9/h8-9,13H,3-7H2,1-2H3,(H,14,18)(H,15,17). The van der Waals surface area contributed by atoms with Crippen molar-refractivity contribution in [1.82, 2.24) is 20.8 Å². The van der Waals surface area contributed by atoms with Crippen LogP contribution in [-0.4, -0.2) is 35.2 Å². The zero-order chi connectivity index (χ0) is 13.7. The van der Waals surface area contributed by atoms with E-state index >= 15 is 0 Å². The van der Waals surface area contributed by atoms with Crippen molar-refractivity contribution in [3.05, 3.63) is 5.89 Å². The zero-order valence-electron chi connectivity index (χ0n) is 11.4. The first-order valence-corrected chi connectivity index (χ1v) is 6.79. The van der Waals surface area contributed by atoms with E-state index in [9.17, 15) is 4.79 Å². The molecule has 0 spiro atoms. The smallest absolute Gasteiger partial charge is 0.315 e. The first-order valence-electron chi connectivity index (χ1n) is 6.79. The summed E-state index contributed by atoms with van der Waals surface area (Å²) in [6, 6.07) is 0.625. The fourth-order valence-corrected chi connectivity index (χ4v) is 1.95. The second-order valence-electron chi connectivity index (χ2n) is 4.81. The molecule has 2 atom stereocenters. The van der Waals surface area contributed by atoms with Gasteiger partial charge < -0.3 is 20.4 Å². The lowest BCUT2D eigenvalue weighted by Gasteiger charge is -2.22. The zero-order valence-corrected chi connectivity index (χ0v) is 11.4. The number of nitrogens with one attached hydrogen (secondary N) is 3. The minimum absolute atomic E-state index is 0.0501. The molecular weight excluding hydrogens is 246 g/mol. The van der Waals surface area contributed by atoms with E-state index in [0.717, 1.165) is 19.4 Å². The van der Waals surface area contributed by atoms with Gasteiger partial charge in [0.05, 0.1) is 6.04 Å². The molecule has 7 nitrogen and oxygen atoms in total. The van der Waals surface area contributed by atoms with Crippen LogP contribution in [0.5, 0.6) is 0 Å². The van der Waals surface area contributed by atoms with Gasteiger partial charge in [-0.1, -0.05) is 12.0 Å². The van der Waals surface area contributed by atoms with E-state index < -0.39 is 0 Å². The van der Waals surface area contributed by atoms with Crippen molar-refractivity contribution in [3.63, 3.8) is 0 Å². The van der Waals surface area contributed by atoms with Gasteiger partial charge in [0, 0.05) is 19.0 Å². The molecule has 0 aliphatic carbocycles. The van der Waals surface area contributed by atoms with Gasteiger partial charge in [0.1, 0.15) is 0 Å². The summed E-state index contributed by atoms with van der Waals surface area (Å²) < 4.78 is 5.56. The van der Waals surface area contributed by atoms with E-state index in [1.807, 2.05) is 6.92 Å². The molecule has 0 radical (unpaired) electrons. The number of hydrogen-bond donors (Lipinski definition) is 3. The highest BCUT2D eigenvalue weighted by Crippen LogP contribution is 2.16. The first-order chi connectivity index (χ1) is 9.19. The Balaban J connectivity index is 1.85. The molecule has 1 fully saturated rings. The molecule has 1 aliphatic heterocycles. The van der Waals surface area contributed by atoms with Crippen LogP contribution in [0.2, 0.25) is 0 Å². The summed E-state index contributed by atoms with van der Waals surface area (Å²) in [5.74, 6) is 0.678. The Morgan fingerprint density at radius 1 is 1.53 bits per heavy atom. The highest BCUT2D eigenvalue weighted by Gasteiger charge is 2.20. The normalized spacial score (nSPS) is 20.9. The van der Waals surface area contributed by atoms with Crippen molar-refractivity contribution in [3.8, 4) is 0 Å². The molecule has 1 saturated heterocycles. The predicted octanol–water partition coefficient (Wildman–Crippen LogP) is 0.821. The van der Waals surface area contributed by atoms with Gasteiger partial charge in [0.25, 0.3) is 0 Å². The topological polar surface area (TPSA) is 92.1 Å². The summed E-state index contributed by atoms with van der Waals surface area (Å²) in [4.78, 5) is 11.1. The number of carbonyl (C=O) groups excluding carboxylic acids is 1. The molecule has 1 aliphatic rings. The third-order valence-electron chi connectivity index (χ3n) is 3.10. The van der Waals surface area contributed by atoms with Crippen molar-refractivity contribution in [2.45, 2.75) is 45.2 Å². The second kappa shape index (κ2) is 6.51. The molecule has 2 unspecified atom stereocenters.